The number of ether oxygens (including phenoxy) is 2. The molecule has 7 heteroatoms. The van der Waals surface area contributed by atoms with Crippen molar-refractivity contribution in [2.45, 2.75) is 45.3 Å². The molecule has 0 bridgehead atoms. The molecule has 0 saturated carbocycles. The molecule has 0 heterocycles. The summed E-state index contributed by atoms with van der Waals surface area (Å²) in [6.07, 6.45) is 1.16. The molecule has 0 aliphatic rings. The van der Waals surface area contributed by atoms with E-state index < -0.39 is 6.04 Å². The second-order valence-corrected chi connectivity index (χ2v) is 9.08. The fourth-order valence-corrected chi connectivity index (χ4v) is 3.85. The van der Waals surface area contributed by atoms with E-state index in [1.807, 2.05) is 68.4 Å². The van der Waals surface area contributed by atoms with Crippen LogP contribution in [0.5, 0.6) is 11.5 Å². The van der Waals surface area contributed by atoms with Crippen molar-refractivity contribution < 1.29 is 19.1 Å². The zero-order chi connectivity index (χ0) is 25.9. The molecule has 0 aliphatic heterocycles. The predicted octanol–water partition coefficient (Wildman–Crippen LogP) is 5.28. The van der Waals surface area contributed by atoms with Crippen LogP contribution in [0.1, 0.15) is 31.4 Å². The van der Waals surface area contributed by atoms with Crippen molar-refractivity contribution in [3.05, 3.63) is 95.0 Å². The van der Waals surface area contributed by atoms with E-state index >= 15 is 0 Å². The maximum Gasteiger partial charge on any atom is 0.261 e. The number of hydrogen-bond acceptors (Lipinski definition) is 4. The minimum absolute atomic E-state index is 0.0186. The Bertz CT molecular complexity index is 1120. The van der Waals surface area contributed by atoms with Crippen molar-refractivity contribution in [2.75, 3.05) is 13.7 Å². The number of hydrogen-bond donors (Lipinski definition) is 1. The Morgan fingerprint density at radius 1 is 0.944 bits per heavy atom. The first-order valence-corrected chi connectivity index (χ1v) is 12.4. The fourth-order valence-electron chi connectivity index (χ4n) is 3.72. The van der Waals surface area contributed by atoms with E-state index in [2.05, 4.69) is 5.32 Å². The molecule has 0 aliphatic carbocycles. The molecule has 0 aromatic heterocycles. The van der Waals surface area contributed by atoms with Gasteiger partial charge in [-0.15, -0.1) is 0 Å². The van der Waals surface area contributed by atoms with Gasteiger partial charge in [-0.05, 0) is 60.9 Å². The van der Waals surface area contributed by atoms with Gasteiger partial charge in [-0.1, -0.05) is 61.0 Å². The number of carbonyl (C=O) groups is 2. The van der Waals surface area contributed by atoms with Crippen molar-refractivity contribution in [3.8, 4) is 11.5 Å². The normalized spacial score (nSPS) is 12.3. The molecule has 3 aromatic carbocycles. The monoisotopic (exact) mass is 508 g/mol. The van der Waals surface area contributed by atoms with E-state index in [1.165, 1.54) is 0 Å². The number of methoxy groups -OCH3 is 1. The number of nitrogens with one attached hydrogen (secondary N) is 1. The molecule has 6 nitrogen and oxygen atoms in total. The molecule has 190 valence electrons. The van der Waals surface area contributed by atoms with Crippen molar-refractivity contribution in [1.82, 2.24) is 10.2 Å². The lowest BCUT2D eigenvalue weighted by molar-refractivity contribution is -0.143. The number of benzene rings is 3. The van der Waals surface area contributed by atoms with Crippen molar-refractivity contribution >= 4 is 23.4 Å². The zero-order valence-corrected chi connectivity index (χ0v) is 21.7. The largest absolute Gasteiger partial charge is 0.497 e. The van der Waals surface area contributed by atoms with E-state index in [0.717, 1.165) is 17.5 Å². The lowest BCUT2D eigenvalue weighted by Crippen LogP contribution is -2.53. The third kappa shape index (κ3) is 8.02. The molecular formula is C29H33ClN2O4. The SMILES string of the molecule is CCC(C)NC(=O)C(Cc1ccccc1)N(Cc1cccc(OC)c1)C(=O)COc1ccc(Cl)cc1. The van der Waals surface area contributed by atoms with Crippen molar-refractivity contribution in [2.24, 2.45) is 0 Å². The fraction of sp³-hybridized carbons (Fsp3) is 0.310. The zero-order valence-electron chi connectivity index (χ0n) is 20.9. The van der Waals surface area contributed by atoms with E-state index in [0.29, 0.717) is 22.9 Å². The van der Waals surface area contributed by atoms with Crippen LogP contribution in [-0.4, -0.2) is 42.5 Å². The number of carbonyl (C=O) groups excluding carboxylic acids is 2. The average Bonchev–Trinajstić information content (AvgIpc) is 2.90. The summed E-state index contributed by atoms with van der Waals surface area (Å²) in [5.74, 6) is 0.711. The van der Waals surface area contributed by atoms with Gasteiger partial charge < -0.3 is 19.7 Å². The van der Waals surface area contributed by atoms with Gasteiger partial charge in [0.25, 0.3) is 5.91 Å². The molecule has 2 unspecified atom stereocenters. The average molecular weight is 509 g/mol. The number of halogens is 1. The van der Waals surface area contributed by atoms with Crippen LogP contribution in [0, 0.1) is 0 Å². The van der Waals surface area contributed by atoms with Gasteiger partial charge in [0, 0.05) is 24.0 Å². The summed E-state index contributed by atoms with van der Waals surface area (Å²) in [5, 5.41) is 3.64. The molecule has 1 N–H and O–H groups in total. The molecular weight excluding hydrogens is 476 g/mol. The van der Waals surface area contributed by atoms with E-state index in [9.17, 15) is 9.59 Å². The van der Waals surface area contributed by atoms with Crippen LogP contribution in [0.4, 0.5) is 0 Å². The van der Waals surface area contributed by atoms with Gasteiger partial charge >= 0.3 is 0 Å². The van der Waals surface area contributed by atoms with Crippen LogP contribution in [0.2, 0.25) is 5.02 Å². The molecule has 2 atom stereocenters. The summed E-state index contributed by atoms with van der Waals surface area (Å²) in [4.78, 5) is 28.7. The maximum atomic E-state index is 13.6. The topological polar surface area (TPSA) is 67.9 Å². The first-order chi connectivity index (χ1) is 17.4. The number of nitrogens with zero attached hydrogens (tertiary/aromatic N) is 1. The molecule has 0 radical (unpaired) electrons. The highest BCUT2D eigenvalue weighted by Gasteiger charge is 2.31. The van der Waals surface area contributed by atoms with Gasteiger partial charge in [0.05, 0.1) is 7.11 Å². The molecule has 36 heavy (non-hydrogen) atoms. The standard InChI is InChI=1S/C29H33ClN2O4/c1-4-21(2)31-29(34)27(18-22-9-6-5-7-10-22)32(19-23-11-8-12-26(17-23)35-3)28(33)20-36-25-15-13-24(30)14-16-25/h5-17,21,27H,4,18-20H2,1-3H3,(H,31,34). The molecule has 0 spiro atoms. The highest BCUT2D eigenvalue weighted by molar-refractivity contribution is 6.30. The summed E-state index contributed by atoms with van der Waals surface area (Å²) in [6, 6.07) is 23.3. The van der Waals surface area contributed by atoms with Gasteiger partial charge in [-0.3, -0.25) is 9.59 Å². The minimum atomic E-state index is -0.728. The Balaban J connectivity index is 1.92. The van der Waals surface area contributed by atoms with Gasteiger partial charge in [-0.25, -0.2) is 0 Å². The summed E-state index contributed by atoms with van der Waals surface area (Å²) < 4.78 is 11.1. The summed E-state index contributed by atoms with van der Waals surface area (Å²) >= 11 is 5.96. The Labute approximate surface area is 218 Å². The van der Waals surface area contributed by atoms with Crippen LogP contribution >= 0.6 is 11.6 Å². The molecule has 2 amide bonds. The highest BCUT2D eigenvalue weighted by Crippen LogP contribution is 2.20. The highest BCUT2D eigenvalue weighted by atomic mass is 35.5. The first kappa shape index (κ1) is 27.1. The number of amides is 2. The Hall–Kier alpha value is -3.51. The second-order valence-electron chi connectivity index (χ2n) is 8.64. The van der Waals surface area contributed by atoms with Gasteiger partial charge in [0.1, 0.15) is 17.5 Å². The van der Waals surface area contributed by atoms with E-state index in [4.69, 9.17) is 21.1 Å². The molecule has 3 aromatic rings. The van der Waals surface area contributed by atoms with Gasteiger partial charge in [0.2, 0.25) is 5.91 Å². The molecule has 3 rings (SSSR count). The van der Waals surface area contributed by atoms with Crippen molar-refractivity contribution in [3.63, 3.8) is 0 Å². The van der Waals surface area contributed by atoms with E-state index in [-0.39, 0.29) is 31.0 Å². The molecule has 0 fully saturated rings. The number of rotatable bonds is 12. The first-order valence-electron chi connectivity index (χ1n) is 12.0. The third-order valence-corrected chi connectivity index (χ3v) is 6.19. The summed E-state index contributed by atoms with van der Waals surface area (Å²) in [7, 11) is 1.60. The Morgan fingerprint density at radius 2 is 1.64 bits per heavy atom. The molecule has 0 saturated heterocycles. The minimum Gasteiger partial charge on any atom is -0.497 e. The second kappa shape index (κ2) is 13.5. The van der Waals surface area contributed by atoms with E-state index in [1.54, 1.807) is 36.3 Å². The Morgan fingerprint density at radius 3 is 2.31 bits per heavy atom. The quantitative estimate of drug-likeness (QED) is 0.361. The van der Waals surface area contributed by atoms with Crippen LogP contribution in [0.15, 0.2) is 78.9 Å². The Kier molecular flexibility index (Phi) is 10.2. The lowest BCUT2D eigenvalue weighted by Gasteiger charge is -2.32. The lowest BCUT2D eigenvalue weighted by atomic mass is 10.0. The van der Waals surface area contributed by atoms with Crippen molar-refractivity contribution in [1.29, 1.82) is 0 Å². The van der Waals surface area contributed by atoms with Crippen LogP contribution in [-0.2, 0) is 22.6 Å². The van der Waals surface area contributed by atoms with Crippen LogP contribution in [0.3, 0.4) is 0 Å². The smallest absolute Gasteiger partial charge is 0.261 e. The third-order valence-electron chi connectivity index (χ3n) is 5.94. The van der Waals surface area contributed by atoms with Gasteiger partial charge in [0.15, 0.2) is 6.61 Å². The summed E-state index contributed by atoms with van der Waals surface area (Å²) in [5.41, 5.74) is 1.81. The maximum absolute atomic E-state index is 13.6. The predicted molar refractivity (Wildman–Crippen MR) is 142 cm³/mol. The van der Waals surface area contributed by atoms with Crippen LogP contribution in [0.25, 0.3) is 0 Å². The van der Waals surface area contributed by atoms with Crippen LogP contribution < -0.4 is 14.8 Å². The summed E-state index contributed by atoms with van der Waals surface area (Å²) in [6.45, 7) is 3.98. The van der Waals surface area contributed by atoms with Gasteiger partial charge in [-0.2, -0.15) is 0 Å².